The number of ether oxygens (including phenoxy) is 1. The van der Waals surface area contributed by atoms with Crippen molar-refractivity contribution in [1.29, 1.82) is 0 Å². The molecular formula is C10H11F3O2. The minimum atomic E-state index is -4.37. The Kier molecular flexibility index (Phi) is 3.57. The highest BCUT2D eigenvalue weighted by molar-refractivity contribution is 5.40. The molecule has 0 aliphatic heterocycles. The number of hydrogen-bond donors (Lipinski definition) is 1. The topological polar surface area (TPSA) is 29.5 Å². The van der Waals surface area contributed by atoms with Crippen molar-refractivity contribution in [2.75, 3.05) is 6.61 Å². The van der Waals surface area contributed by atoms with E-state index in [1.165, 1.54) is 6.07 Å². The van der Waals surface area contributed by atoms with Gasteiger partial charge in [-0.2, -0.15) is 13.2 Å². The second-order valence-corrected chi connectivity index (χ2v) is 3.13. The van der Waals surface area contributed by atoms with Crippen LogP contribution in [-0.2, 0) is 6.61 Å². The van der Waals surface area contributed by atoms with Gasteiger partial charge in [-0.25, -0.2) is 0 Å². The van der Waals surface area contributed by atoms with Crippen molar-refractivity contribution in [2.45, 2.75) is 19.7 Å². The van der Waals surface area contributed by atoms with Crippen molar-refractivity contribution in [2.24, 2.45) is 0 Å². The largest absolute Gasteiger partial charge is 0.483 e. The minimum absolute atomic E-state index is 0.109. The first-order valence-corrected chi connectivity index (χ1v) is 4.33. The number of para-hydroxylation sites is 1. The van der Waals surface area contributed by atoms with Gasteiger partial charge in [-0.1, -0.05) is 18.2 Å². The monoisotopic (exact) mass is 220 g/mol. The number of aryl methyl sites for hydroxylation is 1. The Morgan fingerprint density at radius 2 is 2.00 bits per heavy atom. The van der Waals surface area contributed by atoms with Gasteiger partial charge in [0.2, 0.25) is 0 Å². The minimum Gasteiger partial charge on any atom is -0.483 e. The first-order chi connectivity index (χ1) is 6.94. The Hall–Kier alpha value is -1.23. The molecule has 15 heavy (non-hydrogen) atoms. The van der Waals surface area contributed by atoms with E-state index in [9.17, 15) is 13.2 Å². The lowest BCUT2D eigenvalue weighted by Gasteiger charge is -2.14. The maximum absolute atomic E-state index is 11.9. The fourth-order valence-corrected chi connectivity index (χ4v) is 1.20. The summed E-state index contributed by atoms with van der Waals surface area (Å²) in [4.78, 5) is 0. The average Bonchev–Trinajstić information content (AvgIpc) is 2.14. The summed E-state index contributed by atoms with van der Waals surface area (Å²) in [5.41, 5.74) is 0.935. The summed E-state index contributed by atoms with van der Waals surface area (Å²) in [5.74, 6) is 0.109. The van der Waals surface area contributed by atoms with Crippen LogP contribution in [0.3, 0.4) is 0 Å². The van der Waals surface area contributed by atoms with E-state index < -0.39 is 12.8 Å². The summed E-state index contributed by atoms with van der Waals surface area (Å²) < 4.78 is 40.4. The van der Waals surface area contributed by atoms with Gasteiger partial charge in [-0.15, -0.1) is 0 Å². The van der Waals surface area contributed by atoms with Crippen molar-refractivity contribution in [1.82, 2.24) is 0 Å². The van der Waals surface area contributed by atoms with Crippen LogP contribution in [0.4, 0.5) is 13.2 Å². The lowest BCUT2D eigenvalue weighted by molar-refractivity contribution is -0.153. The van der Waals surface area contributed by atoms with Gasteiger partial charge in [0.05, 0.1) is 6.61 Å². The quantitative estimate of drug-likeness (QED) is 0.847. The third kappa shape index (κ3) is 3.43. The number of rotatable bonds is 3. The normalized spacial score (nSPS) is 11.5. The molecule has 0 heterocycles. The maximum atomic E-state index is 11.9. The molecule has 0 unspecified atom stereocenters. The zero-order chi connectivity index (χ0) is 11.5. The van der Waals surface area contributed by atoms with Crippen molar-refractivity contribution in [3.63, 3.8) is 0 Å². The zero-order valence-electron chi connectivity index (χ0n) is 8.14. The van der Waals surface area contributed by atoms with Crippen molar-refractivity contribution >= 4 is 0 Å². The molecule has 0 spiro atoms. The Morgan fingerprint density at radius 3 is 2.53 bits per heavy atom. The van der Waals surface area contributed by atoms with Crippen LogP contribution in [-0.4, -0.2) is 17.9 Å². The molecule has 2 nitrogen and oxygen atoms in total. The van der Waals surface area contributed by atoms with Gasteiger partial charge in [0.15, 0.2) is 6.61 Å². The van der Waals surface area contributed by atoms with Gasteiger partial charge >= 0.3 is 6.18 Å². The van der Waals surface area contributed by atoms with E-state index in [4.69, 9.17) is 5.11 Å². The number of aliphatic hydroxyl groups is 1. The van der Waals surface area contributed by atoms with E-state index in [1.807, 2.05) is 0 Å². The fourth-order valence-electron chi connectivity index (χ4n) is 1.20. The lowest BCUT2D eigenvalue weighted by atomic mass is 10.1. The molecule has 0 amide bonds. The smallest absolute Gasteiger partial charge is 0.422 e. The third-order valence-corrected chi connectivity index (χ3v) is 1.84. The van der Waals surface area contributed by atoms with E-state index in [-0.39, 0.29) is 12.4 Å². The number of hydrogen-bond acceptors (Lipinski definition) is 2. The zero-order valence-corrected chi connectivity index (χ0v) is 8.14. The second-order valence-electron chi connectivity index (χ2n) is 3.13. The van der Waals surface area contributed by atoms with Gasteiger partial charge in [-0.3, -0.25) is 0 Å². The number of benzene rings is 1. The molecule has 0 atom stereocenters. The van der Waals surface area contributed by atoms with Gasteiger partial charge in [-0.05, 0) is 12.5 Å². The average molecular weight is 220 g/mol. The molecule has 1 aromatic carbocycles. The predicted molar refractivity (Wildman–Crippen MR) is 48.7 cm³/mol. The summed E-state index contributed by atoms with van der Waals surface area (Å²) in [5, 5.41) is 8.91. The Labute approximate surface area is 85.3 Å². The fraction of sp³-hybridized carbons (Fsp3) is 0.400. The molecule has 1 rings (SSSR count). The van der Waals surface area contributed by atoms with Crippen LogP contribution in [0, 0.1) is 6.92 Å². The summed E-state index contributed by atoms with van der Waals surface area (Å²) in [6.07, 6.45) is -4.37. The highest BCUT2D eigenvalue weighted by Crippen LogP contribution is 2.25. The molecule has 5 heteroatoms. The van der Waals surface area contributed by atoms with E-state index in [2.05, 4.69) is 4.74 Å². The van der Waals surface area contributed by atoms with Crippen LogP contribution >= 0.6 is 0 Å². The summed E-state index contributed by atoms with van der Waals surface area (Å²) in [6.45, 7) is -0.0510. The summed E-state index contributed by atoms with van der Waals surface area (Å²) in [7, 11) is 0. The van der Waals surface area contributed by atoms with Crippen LogP contribution in [0.15, 0.2) is 18.2 Å². The summed E-state index contributed by atoms with van der Waals surface area (Å²) in [6, 6.07) is 4.81. The molecule has 0 saturated heterocycles. The Bertz CT molecular complexity index is 334. The van der Waals surface area contributed by atoms with Crippen LogP contribution in [0.1, 0.15) is 11.1 Å². The molecule has 84 valence electrons. The van der Waals surface area contributed by atoms with Crippen molar-refractivity contribution < 1.29 is 23.0 Å². The molecular weight excluding hydrogens is 209 g/mol. The molecule has 0 aliphatic rings. The first-order valence-electron chi connectivity index (χ1n) is 4.33. The van der Waals surface area contributed by atoms with Gasteiger partial charge in [0, 0.05) is 5.56 Å². The predicted octanol–water partition coefficient (Wildman–Crippen LogP) is 2.43. The highest BCUT2D eigenvalue weighted by atomic mass is 19.4. The number of alkyl halides is 3. The van der Waals surface area contributed by atoms with E-state index in [1.54, 1.807) is 19.1 Å². The molecule has 0 fully saturated rings. The maximum Gasteiger partial charge on any atom is 0.422 e. The molecule has 0 radical (unpaired) electrons. The van der Waals surface area contributed by atoms with Gasteiger partial charge in [0.25, 0.3) is 0 Å². The summed E-state index contributed by atoms with van der Waals surface area (Å²) >= 11 is 0. The number of aliphatic hydroxyl groups excluding tert-OH is 1. The van der Waals surface area contributed by atoms with Crippen molar-refractivity contribution in [3.05, 3.63) is 29.3 Å². The van der Waals surface area contributed by atoms with Crippen LogP contribution in [0.25, 0.3) is 0 Å². The SMILES string of the molecule is Cc1cccc(CO)c1OCC(F)(F)F. The molecule has 0 bridgehead atoms. The Balaban J connectivity index is 2.83. The highest BCUT2D eigenvalue weighted by Gasteiger charge is 2.29. The molecule has 0 saturated carbocycles. The third-order valence-electron chi connectivity index (χ3n) is 1.84. The molecule has 1 aromatic rings. The molecule has 0 aromatic heterocycles. The lowest BCUT2D eigenvalue weighted by Crippen LogP contribution is -2.20. The van der Waals surface area contributed by atoms with Crippen LogP contribution in [0.2, 0.25) is 0 Å². The first kappa shape index (κ1) is 11.8. The van der Waals surface area contributed by atoms with Gasteiger partial charge < -0.3 is 9.84 Å². The second kappa shape index (κ2) is 4.53. The van der Waals surface area contributed by atoms with Crippen molar-refractivity contribution in [3.8, 4) is 5.75 Å². The van der Waals surface area contributed by atoms with Crippen LogP contribution in [0.5, 0.6) is 5.75 Å². The molecule has 0 aliphatic carbocycles. The van der Waals surface area contributed by atoms with Gasteiger partial charge in [0.1, 0.15) is 5.75 Å². The van der Waals surface area contributed by atoms with E-state index in [0.717, 1.165) is 0 Å². The van der Waals surface area contributed by atoms with E-state index >= 15 is 0 Å². The number of halogens is 3. The van der Waals surface area contributed by atoms with E-state index in [0.29, 0.717) is 11.1 Å². The Morgan fingerprint density at radius 1 is 1.33 bits per heavy atom. The standard InChI is InChI=1S/C10H11F3O2/c1-7-3-2-4-8(5-14)9(7)15-6-10(11,12)13/h2-4,14H,5-6H2,1H3. The molecule has 1 N–H and O–H groups in total. The van der Waals surface area contributed by atoms with Crippen LogP contribution < -0.4 is 4.74 Å².